The zero-order chi connectivity index (χ0) is 12.3. The molecule has 0 aromatic heterocycles. The molecular weight excluding hydrogens is 332 g/mol. The molecule has 88 valence electrons. The molecule has 2 nitrogen and oxygen atoms in total. The van der Waals surface area contributed by atoms with Gasteiger partial charge in [0, 0.05) is 15.8 Å². The Hall–Kier alpha value is -1.30. The molecule has 0 amide bonds. The van der Waals surface area contributed by atoms with Gasteiger partial charge in [-0.2, -0.15) is 0 Å². The summed E-state index contributed by atoms with van der Waals surface area (Å²) in [5.74, 6) is -0.907. The SMILES string of the molecule is Oc1ccc(CNc2cccc(I)c2)cc1F. The Morgan fingerprint density at radius 1 is 1.18 bits per heavy atom. The Kier molecular flexibility index (Phi) is 3.83. The number of phenolic OH excluding ortho intramolecular Hbond substituents is 1. The fourth-order valence-electron chi connectivity index (χ4n) is 1.46. The van der Waals surface area contributed by atoms with Crippen molar-refractivity contribution >= 4 is 28.3 Å². The number of halogens is 2. The third-order valence-corrected chi connectivity index (χ3v) is 3.00. The van der Waals surface area contributed by atoms with E-state index in [-0.39, 0.29) is 5.75 Å². The van der Waals surface area contributed by atoms with Crippen molar-refractivity contribution in [3.63, 3.8) is 0 Å². The number of rotatable bonds is 3. The van der Waals surface area contributed by atoms with E-state index in [4.69, 9.17) is 5.11 Å². The van der Waals surface area contributed by atoms with E-state index >= 15 is 0 Å². The van der Waals surface area contributed by atoms with Gasteiger partial charge in [-0.3, -0.25) is 0 Å². The molecule has 0 heterocycles. The fourth-order valence-corrected chi connectivity index (χ4v) is 2.01. The summed E-state index contributed by atoms with van der Waals surface area (Å²) >= 11 is 2.24. The van der Waals surface area contributed by atoms with E-state index in [1.165, 1.54) is 12.1 Å². The van der Waals surface area contributed by atoms with Gasteiger partial charge in [0.25, 0.3) is 0 Å². The molecule has 0 bridgehead atoms. The van der Waals surface area contributed by atoms with E-state index in [1.54, 1.807) is 6.07 Å². The minimum Gasteiger partial charge on any atom is -0.505 e. The highest BCUT2D eigenvalue weighted by Gasteiger charge is 2.01. The van der Waals surface area contributed by atoms with Crippen LogP contribution >= 0.6 is 22.6 Å². The van der Waals surface area contributed by atoms with Gasteiger partial charge in [0.05, 0.1) is 0 Å². The number of hydrogen-bond acceptors (Lipinski definition) is 2. The van der Waals surface area contributed by atoms with Crippen LogP contribution < -0.4 is 5.32 Å². The summed E-state index contributed by atoms with van der Waals surface area (Å²) in [6, 6.07) is 12.3. The summed E-state index contributed by atoms with van der Waals surface area (Å²) in [6.07, 6.45) is 0. The van der Waals surface area contributed by atoms with Crippen LogP contribution in [0.1, 0.15) is 5.56 Å². The standard InChI is InChI=1S/C13H11FINO/c14-12-6-9(4-5-13(12)17)8-16-11-3-1-2-10(15)7-11/h1-7,16-17H,8H2. The van der Waals surface area contributed by atoms with Crippen molar-refractivity contribution < 1.29 is 9.50 Å². The smallest absolute Gasteiger partial charge is 0.165 e. The van der Waals surface area contributed by atoms with Gasteiger partial charge in [-0.25, -0.2) is 4.39 Å². The Morgan fingerprint density at radius 2 is 2.00 bits per heavy atom. The predicted octanol–water partition coefficient (Wildman–Crippen LogP) is 3.75. The van der Waals surface area contributed by atoms with Crippen LogP contribution in [0.5, 0.6) is 5.75 Å². The first-order chi connectivity index (χ1) is 8.15. The molecular formula is C13H11FINO. The van der Waals surface area contributed by atoms with E-state index in [2.05, 4.69) is 27.9 Å². The van der Waals surface area contributed by atoms with Gasteiger partial charge in [-0.1, -0.05) is 12.1 Å². The maximum absolute atomic E-state index is 13.1. The molecule has 0 unspecified atom stereocenters. The van der Waals surface area contributed by atoms with Gasteiger partial charge in [-0.15, -0.1) is 0 Å². The predicted molar refractivity (Wildman–Crippen MR) is 74.6 cm³/mol. The summed E-state index contributed by atoms with van der Waals surface area (Å²) < 4.78 is 14.2. The molecule has 0 aliphatic heterocycles. The van der Waals surface area contributed by atoms with E-state index < -0.39 is 5.82 Å². The van der Waals surface area contributed by atoms with E-state index in [0.717, 1.165) is 14.8 Å². The summed E-state index contributed by atoms with van der Waals surface area (Å²) in [4.78, 5) is 0. The van der Waals surface area contributed by atoms with Gasteiger partial charge in [0.1, 0.15) is 0 Å². The van der Waals surface area contributed by atoms with Crippen molar-refractivity contribution in [3.8, 4) is 5.75 Å². The molecule has 2 N–H and O–H groups in total. The molecule has 17 heavy (non-hydrogen) atoms. The Labute approximate surface area is 113 Å². The van der Waals surface area contributed by atoms with Crippen molar-refractivity contribution in [3.05, 3.63) is 57.4 Å². The highest BCUT2D eigenvalue weighted by atomic mass is 127. The third kappa shape index (κ3) is 3.33. The Morgan fingerprint density at radius 3 is 2.71 bits per heavy atom. The first kappa shape index (κ1) is 12.2. The average Bonchev–Trinajstić information content (AvgIpc) is 2.31. The maximum atomic E-state index is 13.1. The van der Waals surface area contributed by atoms with Crippen molar-refractivity contribution in [2.45, 2.75) is 6.54 Å². The quantitative estimate of drug-likeness (QED) is 0.832. The Balaban J connectivity index is 2.05. The molecule has 0 saturated carbocycles. The highest BCUT2D eigenvalue weighted by Crippen LogP contribution is 2.18. The first-order valence-electron chi connectivity index (χ1n) is 5.12. The van der Waals surface area contributed by atoms with E-state index in [9.17, 15) is 4.39 Å². The van der Waals surface area contributed by atoms with Crippen LogP contribution in [-0.2, 0) is 6.54 Å². The number of hydrogen-bond donors (Lipinski definition) is 2. The Bertz CT molecular complexity index is 531. The van der Waals surface area contributed by atoms with Gasteiger partial charge >= 0.3 is 0 Å². The molecule has 2 aromatic carbocycles. The summed E-state index contributed by atoms with van der Waals surface area (Å²) in [5, 5.41) is 12.3. The second-order valence-electron chi connectivity index (χ2n) is 3.65. The molecule has 2 aromatic rings. The molecule has 0 spiro atoms. The first-order valence-corrected chi connectivity index (χ1v) is 6.20. The second-order valence-corrected chi connectivity index (χ2v) is 4.90. The molecule has 0 atom stereocenters. The van der Waals surface area contributed by atoms with Crippen molar-refractivity contribution in [2.75, 3.05) is 5.32 Å². The lowest BCUT2D eigenvalue weighted by molar-refractivity contribution is 0.432. The zero-order valence-electron chi connectivity index (χ0n) is 8.95. The molecule has 0 saturated heterocycles. The maximum Gasteiger partial charge on any atom is 0.165 e. The number of nitrogens with one attached hydrogen (secondary N) is 1. The van der Waals surface area contributed by atoms with Crippen molar-refractivity contribution in [2.24, 2.45) is 0 Å². The lowest BCUT2D eigenvalue weighted by atomic mass is 10.2. The van der Waals surface area contributed by atoms with Crippen LogP contribution in [0, 0.1) is 9.39 Å². The minimum absolute atomic E-state index is 0.317. The summed E-state index contributed by atoms with van der Waals surface area (Å²) in [5.41, 5.74) is 1.78. The molecule has 0 radical (unpaired) electrons. The van der Waals surface area contributed by atoms with Gasteiger partial charge in [0.15, 0.2) is 11.6 Å². The minimum atomic E-state index is -0.591. The van der Waals surface area contributed by atoms with Crippen molar-refractivity contribution in [1.29, 1.82) is 0 Å². The molecule has 0 aliphatic carbocycles. The summed E-state index contributed by atoms with van der Waals surface area (Å²) in [6.45, 7) is 0.525. The van der Waals surface area contributed by atoms with Crippen LogP contribution in [0.4, 0.5) is 10.1 Å². The lowest BCUT2D eigenvalue weighted by Crippen LogP contribution is -1.99. The van der Waals surface area contributed by atoms with Crippen LogP contribution in [0.25, 0.3) is 0 Å². The van der Waals surface area contributed by atoms with Crippen LogP contribution in [-0.4, -0.2) is 5.11 Å². The summed E-state index contributed by atoms with van der Waals surface area (Å²) in [7, 11) is 0. The van der Waals surface area contributed by atoms with E-state index in [0.29, 0.717) is 6.54 Å². The second kappa shape index (κ2) is 5.35. The molecule has 0 aliphatic rings. The van der Waals surface area contributed by atoms with Gasteiger partial charge in [0.2, 0.25) is 0 Å². The normalized spacial score (nSPS) is 10.2. The van der Waals surface area contributed by atoms with Gasteiger partial charge < -0.3 is 10.4 Å². The zero-order valence-corrected chi connectivity index (χ0v) is 11.1. The van der Waals surface area contributed by atoms with E-state index in [1.807, 2.05) is 24.3 Å². The highest BCUT2D eigenvalue weighted by molar-refractivity contribution is 14.1. The average molecular weight is 343 g/mol. The fraction of sp³-hybridized carbons (Fsp3) is 0.0769. The molecule has 2 rings (SSSR count). The molecule has 0 fully saturated rings. The lowest BCUT2D eigenvalue weighted by Gasteiger charge is -2.07. The topological polar surface area (TPSA) is 32.3 Å². The van der Waals surface area contributed by atoms with Crippen LogP contribution in [0.2, 0.25) is 0 Å². The number of anilines is 1. The van der Waals surface area contributed by atoms with Crippen LogP contribution in [0.15, 0.2) is 42.5 Å². The van der Waals surface area contributed by atoms with Gasteiger partial charge in [-0.05, 0) is 58.5 Å². The van der Waals surface area contributed by atoms with Crippen molar-refractivity contribution in [1.82, 2.24) is 0 Å². The number of aromatic hydroxyl groups is 1. The third-order valence-electron chi connectivity index (χ3n) is 2.33. The largest absolute Gasteiger partial charge is 0.505 e. The monoisotopic (exact) mass is 343 g/mol. The number of benzene rings is 2. The number of phenols is 1. The van der Waals surface area contributed by atoms with Crippen LogP contribution in [0.3, 0.4) is 0 Å². The molecule has 4 heteroatoms.